The standard InChI is InChI=1S/C23H20ClN7O2S/c1-13-11-14(2)27-23(26-13)34-12-19-20(29-30-31(19)18-9-5-16(24)6-10-18)22(33)28-17-7-3-15(4-8-17)21(25)32/h3-11H,12H2,1-2H3,(H2,25,32)(H,28,33). The molecular weight excluding hydrogens is 474 g/mol. The van der Waals surface area contributed by atoms with Crippen LogP contribution in [0.4, 0.5) is 5.69 Å². The van der Waals surface area contributed by atoms with E-state index in [0.29, 0.717) is 38.6 Å². The Labute approximate surface area is 204 Å². The van der Waals surface area contributed by atoms with Crippen LogP contribution in [0.3, 0.4) is 0 Å². The van der Waals surface area contributed by atoms with Crippen LogP contribution in [-0.2, 0) is 5.75 Å². The molecule has 0 saturated carbocycles. The van der Waals surface area contributed by atoms with Crippen molar-refractivity contribution in [3.8, 4) is 5.69 Å². The number of aromatic nitrogens is 5. The molecule has 4 aromatic rings. The largest absolute Gasteiger partial charge is 0.366 e. The number of nitrogens with two attached hydrogens (primary N) is 1. The number of hydrogen-bond acceptors (Lipinski definition) is 7. The van der Waals surface area contributed by atoms with E-state index in [9.17, 15) is 9.59 Å². The summed E-state index contributed by atoms with van der Waals surface area (Å²) in [6.45, 7) is 3.81. The van der Waals surface area contributed by atoms with Gasteiger partial charge in [-0.1, -0.05) is 28.6 Å². The van der Waals surface area contributed by atoms with Crippen molar-refractivity contribution in [2.75, 3.05) is 5.32 Å². The Morgan fingerprint density at radius 3 is 2.29 bits per heavy atom. The summed E-state index contributed by atoms with van der Waals surface area (Å²) in [7, 11) is 0. The number of halogens is 1. The van der Waals surface area contributed by atoms with Gasteiger partial charge in [0.05, 0.1) is 11.4 Å². The normalized spacial score (nSPS) is 10.8. The molecule has 2 heterocycles. The van der Waals surface area contributed by atoms with Crippen LogP contribution >= 0.6 is 23.4 Å². The molecule has 2 aromatic carbocycles. The molecular formula is C23H20ClN7O2S. The maximum atomic E-state index is 13.1. The Morgan fingerprint density at radius 2 is 1.68 bits per heavy atom. The van der Waals surface area contributed by atoms with E-state index in [4.69, 9.17) is 17.3 Å². The van der Waals surface area contributed by atoms with E-state index in [0.717, 1.165) is 11.4 Å². The van der Waals surface area contributed by atoms with E-state index < -0.39 is 11.8 Å². The van der Waals surface area contributed by atoms with Crippen molar-refractivity contribution >= 4 is 40.9 Å². The first kappa shape index (κ1) is 23.4. The summed E-state index contributed by atoms with van der Waals surface area (Å²) in [5.74, 6) is -0.636. The first-order valence-corrected chi connectivity index (χ1v) is 11.5. The van der Waals surface area contributed by atoms with Crippen molar-refractivity contribution in [1.29, 1.82) is 0 Å². The highest BCUT2D eigenvalue weighted by Crippen LogP contribution is 2.25. The number of carbonyl (C=O) groups excluding carboxylic acids is 2. The third-order valence-corrected chi connectivity index (χ3v) is 5.89. The van der Waals surface area contributed by atoms with Crippen molar-refractivity contribution < 1.29 is 9.59 Å². The van der Waals surface area contributed by atoms with Gasteiger partial charge in [0, 0.05) is 33.4 Å². The fraction of sp³-hybridized carbons (Fsp3) is 0.130. The molecule has 9 nitrogen and oxygen atoms in total. The van der Waals surface area contributed by atoms with Gasteiger partial charge in [-0.25, -0.2) is 14.6 Å². The van der Waals surface area contributed by atoms with Gasteiger partial charge < -0.3 is 11.1 Å². The predicted molar refractivity (Wildman–Crippen MR) is 130 cm³/mol. The summed E-state index contributed by atoms with van der Waals surface area (Å²) < 4.78 is 1.59. The Hall–Kier alpha value is -3.76. The van der Waals surface area contributed by atoms with Crippen LogP contribution in [0, 0.1) is 13.8 Å². The lowest BCUT2D eigenvalue weighted by Gasteiger charge is -2.09. The summed E-state index contributed by atoms with van der Waals surface area (Å²) in [6.07, 6.45) is 0. The molecule has 0 aliphatic carbocycles. The van der Waals surface area contributed by atoms with E-state index in [-0.39, 0.29) is 5.69 Å². The molecule has 0 aliphatic rings. The number of nitrogens with one attached hydrogen (secondary N) is 1. The average molecular weight is 494 g/mol. The van der Waals surface area contributed by atoms with Gasteiger partial charge in [-0.2, -0.15) is 0 Å². The van der Waals surface area contributed by atoms with Crippen LogP contribution in [0.15, 0.2) is 59.8 Å². The van der Waals surface area contributed by atoms with Gasteiger partial charge in [0.2, 0.25) is 5.91 Å². The van der Waals surface area contributed by atoms with Gasteiger partial charge in [0.15, 0.2) is 10.9 Å². The van der Waals surface area contributed by atoms with E-state index >= 15 is 0 Å². The topological polar surface area (TPSA) is 129 Å². The van der Waals surface area contributed by atoms with Gasteiger partial charge in [-0.15, -0.1) is 5.10 Å². The summed E-state index contributed by atoms with van der Waals surface area (Å²) in [5, 5.41) is 12.3. The van der Waals surface area contributed by atoms with Crippen molar-refractivity contribution in [1.82, 2.24) is 25.0 Å². The predicted octanol–water partition coefficient (Wildman–Crippen LogP) is 3.97. The number of nitrogens with zero attached hydrogens (tertiary/aromatic N) is 5. The smallest absolute Gasteiger partial charge is 0.278 e. The number of primary amides is 1. The average Bonchev–Trinajstić information content (AvgIpc) is 3.22. The molecule has 0 radical (unpaired) electrons. The maximum Gasteiger partial charge on any atom is 0.278 e. The number of rotatable bonds is 7. The lowest BCUT2D eigenvalue weighted by molar-refractivity contribution is 0.0997. The summed E-state index contributed by atoms with van der Waals surface area (Å²) in [4.78, 5) is 33.3. The molecule has 0 saturated heterocycles. The first-order valence-electron chi connectivity index (χ1n) is 10.2. The SMILES string of the molecule is Cc1cc(C)nc(SCc2c(C(=O)Nc3ccc(C(N)=O)cc3)nnn2-c2ccc(Cl)cc2)n1. The highest BCUT2D eigenvalue weighted by molar-refractivity contribution is 7.98. The van der Waals surface area contributed by atoms with E-state index in [1.54, 1.807) is 41.1 Å². The third-order valence-electron chi connectivity index (χ3n) is 4.78. The number of hydrogen-bond donors (Lipinski definition) is 2. The Bertz CT molecular complexity index is 1330. The Balaban J connectivity index is 1.64. The van der Waals surface area contributed by atoms with Gasteiger partial charge in [0.25, 0.3) is 5.91 Å². The molecule has 0 spiro atoms. The minimum Gasteiger partial charge on any atom is -0.366 e. The quantitative estimate of drug-likeness (QED) is 0.294. The maximum absolute atomic E-state index is 13.1. The highest BCUT2D eigenvalue weighted by Gasteiger charge is 2.22. The lowest BCUT2D eigenvalue weighted by atomic mass is 10.2. The third kappa shape index (κ3) is 5.41. The van der Waals surface area contributed by atoms with Crippen molar-refractivity contribution in [3.63, 3.8) is 0 Å². The zero-order valence-electron chi connectivity index (χ0n) is 18.3. The minimum atomic E-state index is -0.545. The molecule has 0 bridgehead atoms. The lowest BCUT2D eigenvalue weighted by Crippen LogP contribution is -2.16. The second-order valence-corrected chi connectivity index (χ2v) is 8.77. The van der Waals surface area contributed by atoms with Gasteiger partial charge in [-0.05, 0) is 68.4 Å². The van der Waals surface area contributed by atoms with Gasteiger partial charge in [-0.3, -0.25) is 9.59 Å². The van der Waals surface area contributed by atoms with E-state index in [1.807, 2.05) is 19.9 Å². The Kier molecular flexibility index (Phi) is 6.90. The second-order valence-electron chi connectivity index (χ2n) is 7.39. The molecule has 4 rings (SSSR count). The van der Waals surface area contributed by atoms with Crippen LogP contribution in [0.5, 0.6) is 0 Å². The minimum absolute atomic E-state index is 0.158. The first-order chi connectivity index (χ1) is 16.3. The van der Waals surface area contributed by atoms with E-state index in [2.05, 4.69) is 25.6 Å². The fourth-order valence-electron chi connectivity index (χ4n) is 3.20. The summed E-state index contributed by atoms with van der Waals surface area (Å²) >= 11 is 7.41. The molecule has 0 fully saturated rings. The molecule has 0 atom stereocenters. The monoisotopic (exact) mass is 493 g/mol. The molecule has 2 amide bonds. The number of amides is 2. The molecule has 34 heavy (non-hydrogen) atoms. The number of anilines is 1. The van der Waals surface area contributed by atoms with Crippen molar-refractivity contribution in [2.24, 2.45) is 5.73 Å². The zero-order chi connectivity index (χ0) is 24.2. The molecule has 0 unspecified atom stereocenters. The zero-order valence-corrected chi connectivity index (χ0v) is 19.9. The molecule has 11 heteroatoms. The van der Waals surface area contributed by atoms with Gasteiger partial charge >= 0.3 is 0 Å². The van der Waals surface area contributed by atoms with Crippen molar-refractivity contribution in [3.05, 3.63) is 88.0 Å². The Morgan fingerprint density at radius 1 is 1.03 bits per heavy atom. The summed E-state index contributed by atoms with van der Waals surface area (Å²) in [5.41, 5.74) is 9.26. The number of thioether (sulfide) groups is 1. The van der Waals surface area contributed by atoms with Crippen LogP contribution in [0.2, 0.25) is 5.02 Å². The van der Waals surface area contributed by atoms with Crippen LogP contribution in [-0.4, -0.2) is 36.8 Å². The van der Waals surface area contributed by atoms with Crippen molar-refractivity contribution in [2.45, 2.75) is 24.8 Å². The van der Waals surface area contributed by atoms with Crippen LogP contribution < -0.4 is 11.1 Å². The number of benzene rings is 2. The molecule has 2 aromatic heterocycles. The summed E-state index contributed by atoms with van der Waals surface area (Å²) in [6, 6.07) is 15.2. The van der Waals surface area contributed by atoms with Gasteiger partial charge in [0.1, 0.15) is 0 Å². The van der Waals surface area contributed by atoms with Crippen LogP contribution in [0.25, 0.3) is 5.69 Å². The number of carbonyl (C=O) groups is 2. The second kappa shape index (κ2) is 10.0. The molecule has 3 N–H and O–H groups in total. The molecule has 172 valence electrons. The fourth-order valence-corrected chi connectivity index (χ4v) is 4.26. The van der Waals surface area contributed by atoms with E-state index in [1.165, 1.54) is 23.9 Å². The van der Waals surface area contributed by atoms with Crippen LogP contribution in [0.1, 0.15) is 37.9 Å². The highest BCUT2D eigenvalue weighted by atomic mass is 35.5. The molecule has 0 aliphatic heterocycles. The number of aryl methyl sites for hydroxylation is 2.